The number of rotatable bonds is 3. The maximum atomic E-state index is 11.4. The summed E-state index contributed by atoms with van der Waals surface area (Å²) in [5.74, 6) is 0.911. The molecule has 2 atom stereocenters. The molecule has 0 heterocycles. The van der Waals surface area contributed by atoms with Crippen LogP contribution in [-0.4, -0.2) is 13.1 Å². The van der Waals surface area contributed by atoms with Crippen LogP contribution in [0.3, 0.4) is 0 Å². The number of carbonyl (C=O) groups excluding carboxylic acids is 1. The molecule has 0 N–H and O–H groups in total. The van der Waals surface area contributed by atoms with Crippen LogP contribution in [0.5, 0.6) is 0 Å². The van der Waals surface area contributed by atoms with Crippen molar-refractivity contribution in [1.29, 1.82) is 0 Å². The van der Waals surface area contributed by atoms with Gasteiger partial charge in [0.15, 0.2) is 0 Å². The molecule has 0 bridgehead atoms. The van der Waals surface area contributed by atoms with Gasteiger partial charge in [0.05, 0.1) is 12.7 Å². The van der Waals surface area contributed by atoms with E-state index in [1.165, 1.54) is 31.1 Å². The van der Waals surface area contributed by atoms with Gasteiger partial charge in [0, 0.05) is 0 Å². The van der Waals surface area contributed by atoms with E-state index in [1.54, 1.807) is 0 Å². The lowest BCUT2D eigenvalue weighted by atomic mass is 9.67. The minimum Gasteiger partial charge on any atom is -0.465 e. The van der Waals surface area contributed by atoms with E-state index in [4.69, 9.17) is 4.74 Å². The zero-order chi connectivity index (χ0) is 13.9. The highest BCUT2D eigenvalue weighted by Crippen LogP contribution is 2.48. The maximum absolute atomic E-state index is 11.4. The molecule has 0 radical (unpaired) electrons. The molecule has 2 heteroatoms. The largest absolute Gasteiger partial charge is 0.465 e. The molecule has 1 fully saturated rings. The normalized spacial score (nSPS) is 21.1. The third kappa shape index (κ3) is 2.34. The standard InChI is InChI=1S/C18H18O2/c1-20-18(19)15-9-7-14(8-10-15)17-12-11-16(17)13-5-3-2-4-6-13/h2-10,16-17H,11-12H2,1H3. The molecule has 0 amide bonds. The monoisotopic (exact) mass is 266 g/mol. The number of methoxy groups -OCH3 is 1. The third-order valence-electron chi connectivity index (χ3n) is 4.26. The van der Waals surface area contributed by atoms with E-state index in [0.29, 0.717) is 17.4 Å². The van der Waals surface area contributed by atoms with E-state index in [0.717, 1.165) is 0 Å². The van der Waals surface area contributed by atoms with Crippen LogP contribution in [0.2, 0.25) is 0 Å². The Labute approximate surface area is 119 Å². The lowest BCUT2D eigenvalue weighted by Crippen LogP contribution is -2.21. The first-order valence-electron chi connectivity index (χ1n) is 7.03. The summed E-state index contributed by atoms with van der Waals surface area (Å²) in [4.78, 5) is 11.4. The highest BCUT2D eigenvalue weighted by molar-refractivity contribution is 5.89. The molecule has 2 unspecified atom stereocenters. The molecular weight excluding hydrogens is 248 g/mol. The fourth-order valence-electron chi connectivity index (χ4n) is 2.98. The van der Waals surface area contributed by atoms with Crippen LogP contribution < -0.4 is 0 Å². The van der Waals surface area contributed by atoms with Gasteiger partial charge in [0.1, 0.15) is 0 Å². The summed E-state index contributed by atoms with van der Waals surface area (Å²) in [5.41, 5.74) is 3.35. The Bertz CT molecular complexity index is 587. The van der Waals surface area contributed by atoms with E-state index in [1.807, 2.05) is 12.1 Å². The van der Waals surface area contributed by atoms with Crippen molar-refractivity contribution in [2.24, 2.45) is 0 Å². The smallest absolute Gasteiger partial charge is 0.337 e. The molecule has 0 aromatic heterocycles. The van der Waals surface area contributed by atoms with E-state index in [2.05, 4.69) is 42.5 Å². The molecule has 2 nitrogen and oxygen atoms in total. The van der Waals surface area contributed by atoms with Crippen molar-refractivity contribution in [2.45, 2.75) is 24.7 Å². The summed E-state index contributed by atoms with van der Waals surface area (Å²) in [6.45, 7) is 0. The lowest BCUT2D eigenvalue weighted by molar-refractivity contribution is 0.0600. The zero-order valence-electron chi connectivity index (χ0n) is 11.6. The van der Waals surface area contributed by atoms with Crippen molar-refractivity contribution in [3.8, 4) is 0 Å². The van der Waals surface area contributed by atoms with Crippen LogP contribution in [-0.2, 0) is 4.74 Å². The Kier molecular flexibility index (Phi) is 3.55. The molecule has 0 spiro atoms. The van der Waals surface area contributed by atoms with Gasteiger partial charge in [-0.25, -0.2) is 4.79 Å². The molecule has 1 aliphatic rings. The van der Waals surface area contributed by atoms with Gasteiger partial charge >= 0.3 is 5.97 Å². The summed E-state index contributed by atoms with van der Waals surface area (Å²) >= 11 is 0. The SMILES string of the molecule is COC(=O)c1ccc(C2CCC2c2ccccc2)cc1. The molecule has 3 rings (SSSR count). The Morgan fingerprint density at radius 1 is 0.900 bits per heavy atom. The number of benzene rings is 2. The summed E-state index contributed by atoms with van der Waals surface area (Å²) < 4.78 is 4.73. The van der Waals surface area contributed by atoms with Gasteiger partial charge in [-0.1, -0.05) is 42.5 Å². The molecule has 20 heavy (non-hydrogen) atoms. The van der Waals surface area contributed by atoms with Crippen LogP contribution in [0.25, 0.3) is 0 Å². The van der Waals surface area contributed by atoms with Crippen LogP contribution in [0.1, 0.15) is 46.2 Å². The van der Waals surface area contributed by atoms with Crippen molar-refractivity contribution in [1.82, 2.24) is 0 Å². The van der Waals surface area contributed by atoms with E-state index >= 15 is 0 Å². The molecule has 2 aromatic rings. The number of hydrogen-bond acceptors (Lipinski definition) is 2. The number of ether oxygens (including phenoxy) is 1. The highest BCUT2D eigenvalue weighted by Gasteiger charge is 2.33. The Balaban J connectivity index is 1.78. The minimum atomic E-state index is -0.273. The summed E-state index contributed by atoms with van der Waals surface area (Å²) in [5, 5.41) is 0. The lowest BCUT2D eigenvalue weighted by Gasteiger charge is -2.37. The average Bonchev–Trinajstić information content (AvgIpc) is 2.47. The molecule has 0 aliphatic heterocycles. The van der Waals surface area contributed by atoms with Crippen LogP contribution in [0.4, 0.5) is 0 Å². The van der Waals surface area contributed by atoms with E-state index < -0.39 is 0 Å². The fraction of sp³-hybridized carbons (Fsp3) is 0.278. The molecular formula is C18H18O2. The quantitative estimate of drug-likeness (QED) is 0.781. The molecule has 1 aliphatic carbocycles. The van der Waals surface area contributed by atoms with Crippen molar-refractivity contribution >= 4 is 5.97 Å². The van der Waals surface area contributed by atoms with Gasteiger partial charge in [-0.15, -0.1) is 0 Å². The molecule has 2 aromatic carbocycles. The number of carbonyl (C=O) groups is 1. The van der Waals surface area contributed by atoms with Gasteiger partial charge in [0.2, 0.25) is 0 Å². The first-order valence-corrected chi connectivity index (χ1v) is 7.03. The average molecular weight is 266 g/mol. The van der Waals surface area contributed by atoms with E-state index in [9.17, 15) is 4.79 Å². The number of hydrogen-bond donors (Lipinski definition) is 0. The number of esters is 1. The second kappa shape index (κ2) is 5.49. The van der Waals surface area contributed by atoms with Gasteiger partial charge < -0.3 is 4.74 Å². The van der Waals surface area contributed by atoms with Crippen LogP contribution in [0.15, 0.2) is 54.6 Å². The predicted octanol–water partition coefficient (Wildman–Crippen LogP) is 4.13. The minimum absolute atomic E-state index is 0.273. The van der Waals surface area contributed by atoms with Crippen molar-refractivity contribution in [3.05, 3.63) is 71.3 Å². The second-order valence-corrected chi connectivity index (χ2v) is 5.31. The van der Waals surface area contributed by atoms with Gasteiger partial charge in [-0.05, 0) is 47.9 Å². The van der Waals surface area contributed by atoms with Crippen molar-refractivity contribution < 1.29 is 9.53 Å². The van der Waals surface area contributed by atoms with Gasteiger partial charge in [-0.2, -0.15) is 0 Å². The summed E-state index contributed by atoms with van der Waals surface area (Å²) in [6.07, 6.45) is 2.46. The van der Waals surface area contributed by atoms with Crippen LogP contribution >= 0.6 is 0 Å². The van der Waals surface area contributed by atoms with Crippen LogP contribution in [0, 0.1) is 0 Å². The predicted molar refractivity (Wildman–Crippen MR) is 78.9 cm³/mol. The fourth-order valence-corrected chi connectivity index (χ4v) is 2.98. The first kappa shape index (κ1) is 12.9. The molecule has 1 saturated carbocycles. The first-order chi connectivity index (χ1) is 9.79. The van der Waals surface area contributed by atoms with Gasteiger partial charge in [0.25, 0.3) is 0 Å². The zero-order valence-corrected chi connectivity index (χ0v) is 11.6. The third-order valence-corrected chi connectivity index (χ3v) is 4.26. The second-order valence-electron chi connectivity index (χ2n) is 5.31. The highest BCUT2D eigenvalue weighted by atomic mass is 16.5. The summed E-state index contributed by atoms with van der Waals surface area (Å²) in [6, 6.07) is 18.5. The van der Waals surface area contributed by atoms with Gasteiger partial charge in [-0.3, -0.25) is 0 Å². The van der Waals surface area contributed by atoms with E-state index in [-0.39, 0.29) is 5.97 Å². The van der Waals surface area contributed by atoms with Crippen molar-refractivity contribution in [3.63, 3.8) is 0 Å². The van der Waals surface area contributed by atoms with Crippen molar-refractivity contribution in [2.75, 3.05) is 7.11 Å². The topological polar surface area (TPSA) is 26.3 Å². The Morgan fingerprint density at radius 3 is 1.95 bits per heavy atom. The summed E-state index contributed by atoms with van der Waals surface area (Å²) in [7, 11) is 1.41. The molecule has 102 valence electrons. The molecule has 0 saturated heterocycles. The maximum Gasteiger partial charge on any atom is 0.337 e. The Hall–Kier alpha value is -2.09. The Morgan fingerprint density at radius 2 is 1.45 bits per heavy atom.